The van der Waals surface area contributed by atoms with E-state index in [1.165, 1.54) is 11.1 Å². The first-order valence-electron chi connectivity index (χ1n) is 6.92. The molecule has 0 aromatic heterocycles. The quantitative estimate of drug-likeness (QED) is 0.931. The van der Waals surface area contributed by atoms with Gasteiger partial charge in [-0.05, 0) is 36.6 Å². The lowest BCUT2D eigenvalue weighted by atomic mass is 9.98. The molecule has 0 radical (unpaired) electrons. The summed E-state index contributed by atoms with van der Waals surface area (Å²) in [7, 11) is 0. The Kier molecular flexibility index (Phi) is 3.61. The van der Waals surface area contributed by atoms with Crippen LogP contribution >= 0.6 is 0 Å². The van der Waals surface area contributed by atoms with Crippen LogP contribution in [-0.2, 0) is 6.42 Å². The summed E-state index contributed by atoms with van der Waals surface area (Å²) in [5.74, 6) is 1.58. The molecule has 1 heterocycles. The van der Waals surface area contributed by atoms with Gasteiger partial charge in [-0.25, -0.2) is 0 Å². The molecule has 2 N–H and O–H groups in total. The van der Waals surface area contributed by atoms with Crippen LogP contribution in [0.1, 0.15) is 11.1 Å². The van der Waals surface area contributed by atoms with Gasteiger partial charge in [-0.3, -0.25) is 0 Å². The van der Waals surface area contributed by atoms with Gasteiger partial charge in [0.1, 0.15) is 12.7 Å². The molecule has 1 aliphatic heterocycles. The van der Waals surface area contributed by atoms with Crippen LogP contribution in [0.3, 0.4) is 0 Å². The van der Waals surface area contributed by atoms with Gasteiger partial charge in [-0.1, -0.05) is 36.4 Å². The van der Waals surface area contributed by atoms with Crippen LogP contribution in [0.5, 0.6) is 11.5 Å². The highest BCUT2D eigenvalue weighted by Crippen LogP contribution is 2.31. The van der Waals surface area contributed by atoms with Gasteiger partial charge in [0, 0.05) is 6.04 Å². The first kappa shape index (κ1) is 13.0. The van der Waals surface area contributed by atoms with E-state index in [-0.39, 0.29) is 12.1 Å². The highest BCUT2D eigenvalue weighted by molar-refractivity contribution is 5.41. The summed E-state index contributed by atoms with van der Waals surface area (Å²) >= 11 is 0. The van der Waals surface area contributed by atoms with E-state index in [0.29, 0.717) is 6.61 Å². The molecule has 0 amide bonds. The number of benzene rings is 2. The maximum Gasteiger partial charge on any atom is 0.161 e. The van der Waals surface area contributed by atoms with Crippen LogP contribution in [0.25, 0.3) is 0 Å². The molecule has 3 heteroatoms. The van der Waals surface area contributed by atoms with Crippen LogP contribution < -0.4 is 15.2 Å². The molecule has 0 aliphatic carbocycles. The highest BCUT2D eigenvalue weighted by Gasteiger charge is 2.26. The number of fused-ring (bicyclic) bond motifs is 1. The highest BCUT2D eigenvalue weighted by atomic mass is 16.6. The van der Waals surface area contributed by atoms with Crippen molar-refractivity contribution in [3.05, 3.63) is 59.7 Å². The fourth-order valence-corrected chi connectivity index (χ4v) is 2.47. The zero-order valence-corrected chi connectivity index (χ0v) is 11.6. The van der Waals surface area contributed by atoms with Crippen molar-refractivity contribution in [3.63, 3.8) is 0 Å². The molecule has 0 saturated carbocycles. The van der Waals surface area contributed by atoms with E-state index >= 15 is 0 Å². The SMILES string of the molecule is Cc1ccccc1CC(N)C1COc2ccccc2O1. The van der Waals surface area contributed by atoms with Gasteiger partial charge < -0.3 is 15.2 Å². The number of hydrogen-bond acceptors (Lipinski definition) is 3. The largest absolute Gasteiger partial charge is 0.486 e. The topological polar surface area (TPSA) is 44.5 Å². The molecule has 20 heavy (non-hydrogen) atoms. The van der Waals surface area contributed by atoms with Crippen LogP contribution in [0.4, 0.5) is 0 Å². The number of rotatable bonds is 3. The zero-order chi connectivity index (χ0) is 13.9. The minimum atomic E-state index is -0.107. The molecule has 3 nitrogen and oxygen atoms in total. The van der Waals surface area contributed by atoms with Crippen molar-refractivity contribution in [2.75, 3.05) is 6.61 Å². The first-order chi connectivity index (χ1) is 9.74. The number of aryl methyl sites for hydroxylation is 1. The number of ether oxygens (including phenoxy) is 2. The average Bonchev–Trinajstić information content (AvgIpc) is 2.49. The lowest BCUT2D eigenvalue weighted by Crippen LogP contribution is -2.46. The molecule has 0 saturated heterocycles. The van der Waals surface area contributed by atoms with E-state index in [0.717, 1.165) is 17.9 Å². The second-order valence-corrected chi connectivity index (χ2v) is 5.21. The second-order valence-electron chi connectivity index (χ2n) is 5.21. The van der Waals surface area contributed by atoms with Crippen LogP contribution in [0, 0.1) is 6.92 Å². The average molecular weight is 269 g/mol. The van der Waals surface area contributed by atoms with E-state index in [1.807, 2.05) is 36.4 Å². The maximum absolute atomic E-state index is 6.30. The summed E-state index contributed by atoms with van der Waals surface area (Å²) in [5, 5.41) is 0. The van der Waals surface area contributed by atoms with Gasteiger partial charge in [-0.15, -0.1) is 0 Å². The monoisotopic (exact) mass is 269 g/mol. The van der Waals surface area contributed by atoms with E-state index in [1.54, 1.807) is 0 Å². The molecular formula is C17H19NO2. The van der Waals surface area contributed by atoms with Crippen molar-refractivity contribution in [3.8, 4) is 11.5 Å². The molecule has 0 bridgehead atoms. The minimum absolute atomic E-state index is 0.0792. The van der Waals surface area contributed by atoms with Crippen molar-refractivity contribution >= 4 is 0 Å². The van der Waals surface area contributed by atoms with Gasteiger partial charge in [0.05, 0.1) is 0 Å². The Hall–Kier alpha value is -2.00. The Morgan fingerprint density at radius 1 is 1.10 bits per heavy atom. The maximum atomic E-state index is 6.30. The summed E-state index contributed by atoms with van der Waals surface area (Å²) in [6.07, 6.45) is 0.688. The minimum Gasteiger partial charge on any atom is -0.486 e. The Balaban J connectivity index is 1.70. The van der Waals surface area contributed by atoms with Crippen molar-refractivity contribution in [1.82, 2.24) is 0 Å². The van der Waals surface area contributed by atoms with Crippen molar-refractivity contribution < 1.29 is 9.47 Å². The first-order valence-corrected chi connectivity index (χ1v) is 6.92. The molecular weight excluding hydrogens is 250 g/mol. The summed E-state index contributed by atoms with van der Waals surface area (Å²) in [6, 6.07) is 15.9. The fraction of sp³-hybridized carbons (Fsp3) is 0.294. The molecule has 0 fully saturated rings. The Morgan fingerprint density at radius 2 is 1.80 bits per heavy atom. The normalized spacial score (nSPS) is 18.6. The van der Waals surface area contributed by atoms with E-state index in [2.05, 4.69) is 19.1 Å². The lowest BCUT2D eigenvalue weighted by Gasteiger charge is -2.30. The molecule has 2 aromatic rings. The van der Waals surface area contributed by atoms with Crippen molar-refractivity contribution in [2.45, 2.75) is 25.5 Å². The molecule has 2 aromatic carbocycles. The molecule has 2 atom stereocenters. The van der Waals surface area contributed by atoms with E-state index in [4.69, 9.17) is 15.2 Å². The van der Waals surface area contributed by atoms with Gasteiger partial charge in [0.2, 0.25) is 0 Å². The van der Waals surface area contributed by atoms with E-state index in [9.17, 15) is 0 Å². The van der Waals surface area contributed by atoms with Crippen molar-refractivity contribution in [2.24, 2.45) is 5.73 Å². The third-order valence-corrected chi connectivity index (χ3v) is 3.73. The molecule has 0 spiro atoms. The molecule has 2 unspecified atom stereocenters. The predicted molar refractivity (Wildman–Crippen MR) is 79.2 cm³/mol. The second kappa shape index (κ2) is 5.55. The van der Waals surface area contributed by atoms with Crippen LogP contribution in [0.2, 0.25) is 0 Å². The van der Waals surface area contributed by atoms with E-state index < -0.39 is 0 Å². The third-order valence-electron chi connectivity index (χ3n) is 3.73. The van der Waals surface area contributed by atoms with Gasteiger partial charge in [0.25, 0.3) is 0 Å². The van der Waals surface area contributed by atoms with Gasteiger partial charge >= 0.3 is 0 Å². The summed E-state index contributed by atoms with van der Waals surface area (Å²) < 4.78 is 11.7. The summed E-state index contributed by atoms with van der Waals surface area (Å²) in [4.78, 5) is 0. The van der Waals surface area contributed by atoms with Gasteiger partial charge in [0.15, 0.2) is 11.5 Å². The van der Waals surface area contributed by atoms with Crippen LogP contribution in [-0.4, -0.2) is 18.8 Å². The standard InChI is InChI=1S/C17H19NO2/c1-12-6-2-3-7-13(12)10-14(18)17-11-19-15-8-4-5-9-16(15)20-17/h2-9,14,17H,10-11,18H2,1H3. The number of hydrogen-bond donors (Lipinski definition) is 1. The van der Waals surface area contributed by atoms with Crippen molar-refractivity contribution in [1.29, 1.82) is 0 Å². The van der Waals surface area contributed by atoms with Gasteiger partial charge in [-0.2, -0.15) is 0 Å². The smallest absolute Gasteiger partial charge is 0.161 e. The number of nitrogens with two attached hydrogens (primary N) is 1. The number of para-hydroxylation sites is 2. The molecule has 104 valence electrons. The zero-order valence-electron chi connectivity index (χ0n) is 11.6. The Bertz CT molecular complexity index is 597. The Morgan fingerprint density at radius 3 is 2.60 bits per heavy atom. The van der Waals surface area contributed by atoms with Crippen LogP contribution in [0.15, 0.2) is 48.5 Å². The fourth-order valence-electron chi connectivity index (χ4n) is 2.47. The predicted octanol–water partition coefficient (Wildman–Crippen LogP) is 2.70. The Labute approximate surface area is 119 Å². The summed E-state index contributed by atoms with van der Waals surface area (Å²) in [5.41, 5.74) is 8.83. The third kappa shape index (κ3) is 2.63. The molecule has 1 aliphatic rings. The summed E-state index contributed by atoms with van der Waals surface area (Å²) in [6.45, 7) is 2.61. The molecule has 3 rings (SSSR count). The lowest BCUT2D eigenvalue weighted by molar-refractivity contribution is 0.0722.